The van der Waals surface area contributed by atoms with Crippen LogP contribution in [-0.2, 0) is 0 Å². The van der Waals surface area contributed by atoms with Gasteiger partial charge in [-0.1, -0.05) is 5.16 Å². The van der Waals surface area contributed by atoms with Crippen molar-refractivity contribution in [1.82, 2.24) is 10.5 Å². The average molecular weight is 274 g/mol. The van der Waals surface area contributed by atoms with Crippen LogP contribution >= 0.6 is 0 Å². The van der Waals surface area contributed by atoms with E-state index in [2.05, 4.69) is 10.5 Å². The summed E-state index contributed by atoms with van der Waals surface area (Å²) < 4.78 is 5.10. The minimum atomic E-state index is -0.255. The number of carbonyl (C=O) groups excluding carboxylic acids is 1. The third kappa shape index (κ3) is 2.59. The summed E-state index contributed by atoms with van der Waals surface area (Å²) >= 11 is 0. The van der Waals surface area contributed by atoms with Gasteiger partial charge in [0.2, 0.25) is 0 Å². The summed E-state index contributed by atoms with van der Waals surface area (Å²) in [4.78, 5) is 12.2. The molecule has 20 heavy (non-hydrogen) atoms. The molecule has 0 aliphatic carbocycles. The topological polar surface area (TPSA) is 107 Å². The van der Waals surface area contributed by atoms with Gasteiger partial charge in [0.25, 0.3) is 5.91 Å². The zero-order chi connectivity index (χ0) is 14.9. The molecule has 1 atom stereocenters. The largest absolute Gasteiger partial charge is 0.399 e. The number of hydrogen-bond donors (Lipinski definition) is 3. The van der Waals surface area contributed by atoms with Crippen LogP contribution in [-0.4, -0.2) is 11.1 Å². The minimum Gasteiger partial charge on any atom is -0.399 e. The van der Waals surface area contributed by atoms with E-state index in [1.807, 2.05) is 20.8 Å². The predicted molar refractivity (Wildman–Crippen MR) is 77.1 cm³/mol. The van der Waals surface area contributed by atoms with Gasteiger partial charge in [-0.25, -0.2) is 0 Å². The molecule has 0 radical (unpaired) electrons. The molecule has 6 heteroatoms. The van der Waals surface area contributed by atoms with Crippen molar-refractivity contribution in [3.8, 4) is 0 Å². The van der Waals surface area contributed by atoms with Crippen molar-refractivity contribution in [1.29, 1.82) is 0 Å². The zero-order valence-corrected chi connectivity index (χ0v) is 11.7. The van der Waals surface area contributed by atoms with E-state index in [1.165, 1.54) is 0 Å². The molecule has 1 aromatic carbocycles. The Morgan fingerprint density at radius 1 is 1.35 bits per heavy atom. The van der Waals surface area contributed by atoms with Crippen molar-refractivity contribution < 1.29 is 9.32 Å². The van der Waals surface area contributed by atoms with Crippen LogP contribution in [0.1, 0.15) is 40.3 Å². The van der Waals surface area contributed by atoms with Gasteiger partial charge in [0.15, 0.2) is 0 Å². The maximum Gasteiger partial charge on any atom is 0.253 e. The normalized spacial score (nSPS) is 12.2. The third-order valence-electron chi connectivity index (χ3n) is 3.19. The van der Waals surface area contributed by atoms with Crippen LogP contribution in [0.5, 0.6) is 0 Å². The van der Waals surface area contributed by atoms with Gasteiger partial charge in [-0.2, -0.15) is 0 Å². The van der Waals surface area contributed by atoms with Crippen molar-refractivity contribution in [3.63, 3.8) is 0 Å². The maximum atomic E-state index is 12.2. The average Bonchev–Trinajstić information content (AvgIpc) is 2.68. The van der Waals surface area contributed by atoms with Gasteiger partial charge in [0.1, 0.15) is 5.76 Å². The summed E-state index contributed by atoms with van der Waals surface area (Å²) in [6.45, 7) is 5.53. The van der Waals surface area contributed by atoms with E-state index < -0.39 is 0 Å². The highest BCUT2D eigenvalue weighted by Crippen LogP contribution is 2.22. The van der Waals surface area contributed by atoms with Gasteiger partial charge < -0.3 is 21.3 Å². The van der Waals surface area contributed by atoms with Crippen LogP contribution < -0.4 is 16.8 Å². The highest BCUT2D eigenvalue weighted by Gasteiger charge is 2.19. The fourth-order valence-electron chi connectivity index (χ4n) is 2.24. The molecule has 1 aromatic heterocycles. The monoisotopic (exact) mass is 274 g/mol. The summed E-state index contributed by atoms with van der Waals surface area (Å²) in [5.41, 5.74) is 14.3. The summed E-state index contributed by atoms with van der Waals surface area (Å²) in [5, 5.41) is 6.76. The molecule has 106 valence electrons. The van der Waals surface area contributed by atoms with Crippen molar-refractivity contribution in [3.05, 3.63) is 40.8 Å². The van der Waals surface area contributed by atoms with Crippen LogP contribution in [0.25, 0.3) is 0 Å². The van der Waals surface area contributed by atoms with Crippen molar-refractivity contribution in [2.24, 2.45) is 0 Å². The minimum absolute atomic E-state index is 0.217. The molecule has 5 N–H and O–H groups in total. The first-order chi connectivity index (χ1) is 9.40. The molecule has 0 bridgehead atoms. The first kappa shape index (κ1) is 13.9. The lowest BCUT2D eigenvalue weighted by Crippen LogP contribution is -2.28. The lowest BCUT2D eigenvalue weighted by Gasteiger charge is -2.15. The third-order valence-corrected chi connectivity index (χ3v) is 3.19. The van der Waals surface area contributed by atoms with Crippen LogP contribution in [0.2, 0.25) is 0 Å². The van der Waals surface area contributed by atoms with Crippen molar-refractivity contribution in [2.45, 2.75) is 26.8 Å². The van der Waals surface area contributed by atoms with Gasteiger partial charge in [-0.3, -0.25) is 4.79 Å². The van der Waals surface area contributed by atoms with E-state index in [4.69, 9.17) is 16.0 Å². The summed E-state index contributed by atoms with van der Waals surface area (Å²) in [7, 11) is 0. The SMILES string of the molecule is Cc1noc(C)c1C(C)NC(=O)c1ccc(N)cc1N. The number of benzene rings is 1. The molecule has 0 saturated carbocycles. The molecular formula is C14H18N4O2. The molecule has 0 aliphatic rings. The van der Waals surface area contributed by atoms with Gasteiger partial charge >= 0.3 is 0 Å². The van der Waals surface area contributed by atoms with E-state index in [0.717, 1.165) is 11.3 Å². The summed E-state index contributed by atoms with van der Waals surface area (Å²) in [5.74, 6) is 0.440. The number of nitrogen functional groups attached to an aromatic ring is 2. The molecule has 1 amide bonds. The zero-order valence-electron chi connectivity index (χ0n) is 11.7. The molecule has 1 heterocycles. The van der Waals surface area contributed by atoms with Crippen molar-refractivity contribution >= 4 is 17.3 Å². The Morgan fingerprint density at radius 2 is 2.05 bits per heavy atom. The highest BCUT2D eigenvalue weighted by atomic mass is 16.5. The molecular weight excluding hydrogens is 256 g/mol. The number of nitrogens with two attached hydrogens (primary N) is 2. The molecule has 1 unspecified atom stereocenters. The number of aromatic nitrogens is 1. The Labute approximate surface area is 117 Å². The molecule has 0 fully saturated rings. The fourth-order valence-corrected chi connectivity index (χ4v) is 2.24. The lowest BCUT2D eigenvalue weighted by molar-refractivity contribution is 0.0940. The number of rotatable bonds is 3. The fraction of sp³-hybridized carbons (Fsp3) is 0.286. The standard InChI is InChI=1S/C14H18N4O2/c1-7(13-8(2)18-20-9(13)3)17-14(19)11-5-4-10(15)6-12(11)16/h4-7H,15-16H2,1-3H3,(H,17,19). The summed E-state index contributed by atoms with van der Waals surface area (Å²) in [6, 6.07) is 4.60. The first-order valence-electron chi connectivity index (χ1n) is 6.28. The summed E-state index contributed by atoms with van der Waals surface area (Å²) in [6.07, 6.45) is 0. The van der Waals surface area contributed by atoms with Crippen LogP contribution in [0.3, 0.4) is 0 Å². The Balaban J connectivity index is 2.19. The Hall–Kier alpha value is -2.50. The molecule has 0 saturated heterocycles. The van der Waals surface area contributed by atoms with E-state index in [0.29, 0.717) is 22.7 Å². The van der Waals surface area contributed by atoms with Gasteiger partial charge in [-0.15, -0.1) is 0 Å². The Morgan fingerprint density at radius 3 is 2.60 bits per heavy atom. The number of carbonyl (C=O) groups is 1. The second-order valence-electron chi connectivity index (χ2n) is 4.78. The Bertz CT molecular complexity index is 629. The smallest absolute Gasteiger partial charge is 0.253 e. The molecule has 2 aromatic rings. The molecule has 0 aliphatic heterocycles. The van der Waals surface area contributed by atoms with Gasteiger partial charge in [0, 0.05) is 16.9 Å². The van der Waals surface area contributed by atoms with E-state index in [9.17, 15) is 4.79 Å². The molecule has 0 spiro atoms. The molecule has 6 nitrogen and oxygen atoms in total. The van der Waals surface area contributed by atoms with E-state index in [1.54, 1.807) is 18.2 Å². The number of nitrogens with zero attached hydrogens (tertiary/aromatic N) is 1. The number of anilines is 2. The molecule has 2 rings (SSSR count). The number of hydrogen-bond acceptors (Lipinski definition) is 5. The van der Waals surface area contributed by atoms with Crippen LogP contribution in [0.15, 0.2) is 22.7 Å². The van der Waals surface area contributed by atoms with Gasteiger partial charge in [-0.05, 0) is 39.0 Å². The number of aryl methyl sites for hydroxylation is 2. The van der Waals surface area contributed by atoms with Gasteiger partial charge in [0.05, 0.1) is 17.3 Å². The maximum absolute atomic E-state index is 12.2. The highest BCUT2D eigenvalue weighted by molar-refractivity contribution is 5.99. The quantitative estimate of drug-likeness (QED) is 0.741. The number of amides is 1. The van der Waals surface area contributed by atoms with Crippen LogP contribution in [0.4, 0.5) is 11.4 Å². The van der Waals surface area contributed by atoms with Crippen molar-refractivity contribution in [2.75, 3.05) is 11.5 Å². The lowest BCUT2D eigenvalue weighted by atomic mass is 10.1. The second-order valence-corrected chi connectivity index (χ2v) is 4.78. The van der Waals surface area contributed by atoms with E-state index in [-0.39, 0.29) is 11.9 Å². The number of nitrogens with one attached hydrogen (secondary N) is 1. The van der Waals surface area contributed by atoms with Crippen LogP contribution in [0, 0.1) is 13.8 Å². The first-order valence-corrected chi connectivity index (χ1v) is 6.28. The predicted octanol–water partition coefficient (Wildman–Crippen LogP) is 1.95. The Kier molecular flexibility index (Phi) is 3.65. The second kappa shape index (κ2) is 5.24. The van der Waals surface area contributed by atoms with E-state index >= 15 is 0 Å².